The summed E-state index contributed by atoms with van der Waals surface area (Å²) < 4.78 is 11.2. The minimum Gasteiger partial charge on any atom is -0.497 e. The van der Waals surface area contributed by atoms with Crippen LogP contribution in [0, 0.1) is 0 Å². The largest absolute Gasteiger partial charge is 0.497 e. The minimum atomic E-state index is -0.0167. The normalized spacial score (nSPS) is 12.5. The van der Waals surface area contributed by atoms with Crippen molar-refractivity contribution in [3.05, 3.63) is 40.3 Å². The number of benzene rings is 1. The van der Waals surface area contributed by atoms with Crippen molar-refractivity contribution in [2.75, 3.05) is 20.2 Å². The molecule has 1 unspecified atom stereocenters. The van der Waals surface area contributed by atoms with Crippen molar-refractivity contribution in [1.29, 1.82) is 0 Å². The van der Waals surface area contributed by atoms with E-state index in [-0.39, 0.29) is 6.10 Å². The maximum Gasteiger partial charge on any atom is 0.191 e. The van der Waals surface area contributed by atoms with Crippen LogP contribution in [-0.4, -0.2) is 37.2 Å². The third-order valence-electron chi connectivity index (χ3n) is 3.58. The summed E-state index contributed by atoms with van der Waals surface area (Å²) in [6.07, 6.45) is 0.947. The molecule has 0 bridgehead atoms. The fourth-order valence-corrected chi connectivity index (χ4v) is 3.01. The molecule has 142 valence electrons. The lowest BCUT2D eigenvalue weighted by Crippen LogP contribution is -2.41. The lowest BCUT2D eigenvalue weighted by atomic mass is 10.3. The number of guanidine groups is 1. The van der Waals surface area contributed by atoms with E-state index in [0.717, 1.165) is 41.1 Å². The Hall–Kier alpha value is -2.28. The molecule has 0 aliphatic heterocycles. The van der Waals surface area contributed by atoms with Crippen LogP contribution in [0.25, 0.3) is 0 Å². The van der Waals surface area contributed by atoms with Gasteiger partial charge in [0.05, 0.1) is 30.9 Å². The smallest absolute Gasteiger partial charge is 0.191 e. The number of thiazole rings is 1. The number of ether oxygens (including phenoxy) is 2. The average Bonchev–Trinajstić information content (AvgIpc) is 3.12. The van der Waals surface area contributed by atoms with Gasteiger partial charge in [0.25, 0.3) is 0 Å². The number of aliphatic imine (C=N–C) groups is 1. The predicted octanol–water partition coefficient (Wildman–Crippen LogP) is 3.24. The minimum absolute atomic E-state index is 0.0167. The first-order chi connectivity index (χ1) is 12.6. The summed E-state index contributed by atoms with van der Waals surface area (Å²) in [5, 5.41) is 9.79. The number of rotatable bonds is 9. The van der Waals surface area contributed by atoms with E-state index in [1.54, 1.807) is 18.4 Å². The number of aryl methyl sites for hydroxylation is 1. The number of methoxy groups -OCH3 is 1. The van der Waals surface area contributed by atoms with E-state index in [0.29, 0.717) is 13.1 Å². The van der Waals surface area contributed by atoms with Gasteiger partial charge in [-0.15, -0.1) is 11.3 Å². The Bertz CT molecular complexity index is 702. The molecule has 0 fully saturated rings. The molecule has 2 N–H and O–H groups in total. The summed E-state index contributed by atoms with van der Waals surface area (Å²) in [6, 6.07) is 7.61. The molecule has 0 saturated carbocycles. The van der Waals surface area contributed by atoms with E-state index >= 15 is 0 Å². The van der Waals surface area contributed by atoms with Gasteiger partial charge in [-0.2, -0.15) is 0 Å². The first-order valence-corrected chi connectivity index (χ1v) is 9.78. The van der Waals surface area contributed by atoms with Crippen molar-refractivity contribution in [3.63, 3.8) is 0 Å². The Morgan fingerprint density at radius 1 is 1.27 bits per heavy atom. The highest BCUT2D eigenvalue weighted by Gasteiger charge is 2.07. The molecule has 1 heterocycles. The molecule has 0 amide bonds. The highest BCUT2D eigenvalue weighted by Crippen LogP contribution is 2.19. The molecular weight excluding hydrogens is 348 g/mol. The van der Waals surface area contributed by atoms with Gasteiger partial charge in [0.15, 0.2) is 5.96 Å². The Balaban J connectivity index is 1.86. The molecule has 7 heteroatoms. The Kier molecular flexibility index (Phi) is 8.21. The highest BCUT2D eigenvalue weighted by molar-refractivity contribution is 7.09. The van der Waals surface area contributed by atoms with Crippen LogP contribution in [0.4, 0.5) is 0 Å². The zero-order valence-corrected chi connectivity index (χ0v) is 16.7. The lowest BCUT2D eigenvalue weighted by Gasteiger charge is -2.18. The third-order valence-corrected chi connectivity index (χ3v) is 4.62. The summed E-state index contributed by atoms with van der Waals surface area (Å²) in [5.41, 5.74) is 1.00. The topological polar surface area (TPSA) is 67.8 Å². The van der Waals surface area contributed by atoms with Crippen molar-refractivity contribution in [3.8, 4) is 11.5 Å². The van der Waals surface area contributed by atoms with Crippen LogP contribution in [0.3, 0.4) is 0 Å². The molecule has 1 aromatic carbocycles. The van der Waals surface area contributed by atoms with Crippen molar-refractivity contribution in [1.82, 2.24) is 15.6 Å². The first kappa shape index (κ1) is 20.0. The molecule has 2 rings (SSSR count). The molecule has 0 spiro atoms. The van der Waals surface area contributed by atoms with Gasteiger partial charge in [-0.05, 0) is 32.4 Å². The average molecular weight is 377 g/mol. The quantitative estimate of drug-likeness (QED) is 0.519. The number of hydrogen-bond donors (Lipinski definition) is 2. The van der Waals surface area contributed by atoms with E-state index in [1.165, 1.54) is 0 Å². The molecule has 0 aliphatic rings. The summed E-state index contributed by atoms with van der Waals surface area (Å²) in [7, 11) is 1.65. The van der Waals surface area contributed by atoms with Gasteiger partial charge in [0.2, 0.25) is 0 Å². The monoisotopic (exact) mass is 376 g/mol. The molecule has 2 aromatic rings. The van der Waals surface area contributed by atoms with Gasteiger partial charge in [0.1, 0.15) is 17.6 Å². The van der Waals surface area contributed by atoms with E-state index in [1.807, 2.05) is 38.1 Å². The Morgan fingerprint density at radius 2 is 2.08 bits per heavy atom. The summed E-state index contributed by atoms with van der Waals surface area (Å²) in [5.74, 6) is 2.34. The molecule has 0 aliphatic carbocycles. The van der Waals surface area contributed by atoms with E-state index < -0.39 is 0 Å². The number of nitrogens with one attached hydrogen (secondary N) is 2. The van der Waals surface area contributed by atoms with Crippen LogP contribution in [0.5, 0.6) is 11.5 Å². The SMILES string of the molecule is CCNC(=NCc1csc(CC)n1)NCC(C)Oc1cccc(OC)c1. The Morgan fingerprint density at radius 3 is 2.77 bits per heavy atom. The van der Waals surface area contributed by atoms with E-state index in [9.17, 15) is 0 Å². The van der Waals surface area contributed by atoms with Crippen LogP contribution >= 0.6 is 11.3 Å². The molecule has 26 heavy (non-hydrogen) atoms. The number of aromatic nitrogens is 1. The third kappa shape index (κ3) is 6.55. The molecule has 0 saturated heterocycles. The molecule has 6 nitrogen and oxygen atoms in total. The van der Waals surface area contributed by atoms with Gasteiger partial charge < -0.3 is 20.1 Å². The van der Waals surface area contributed by atoms with Crippen LogP contribution in [0.2, 0.25) is 0 Å². The summed E-state index contributed by atoms with van der Waals surface area (Å²) in [6.45, 7) is 8.18. The second kappa shape index (κ2) is 10.7. The number of nitrogens with zero attached hydrogens (tertiary/aromatic N) is 2. The van der Waals surface area contributed by atoms with Crippen molar-refractivity contribution < 1.29 is 9.47 Å². The zero-order chi connectivity index (χ0) is 18.8. The van der Waals surface area contributed by atoms with Crippen LogP contribution < -0.4 is 20.1 Å². The maximum absolute atomic E-state index is 5.93. The van der Waals surface area contributed by atoms with Crippen molar-refractivity contribution in [2.45, 2.75) is 39.8 Å². The lowest BCUT2D eigenvalue weighted by molar-refractivity contribution is 0.223. The summed E-state index contributed by atoms with van der Waals surface area (Å²) in [4.78, 5) is 9.15. The zero-order valence-electron chi connectivity index (χ0n) is 15.9. The van der Waals surface area contributed by atoms with E-state index in [2.05, 4.69) is 32.9 Å². The van der Waals surface area contributed by atoms with Crippen LogP contribution in [0.15, 0.2) is 34.6 Å². The second-order valence-corrected chi connectivity index (χ2v) is 6.71. The highest BCUT2D eigenvalue weighted by atomic mass is 32.1. The van der Waals surface area contributed by atoms with Gasteiger partial charge >= 0.3 is 0 Å². The molecular formula is C19H28N4O2S. The molecule has 1 aromatic heterocycles. The predicted molar refractivity (Wildman–Crippen MR) is 107 cm³/mol. The first-order valence-electron chi connectivity index (χ1n) is 8.90. The van der Waals surface area contributed by atoms with E-state index in [4.69, 9.17) is 9.47 Å². The molecule has 0 radical (unpaired) electrons. The standard InChI is InChI=1S/C19H28N4O2S/c1-5-18-23-15(13-26-18)12-22-19(20-6-2)21-11-14(3)25-17-9-7-8-16(10-17)24-4/h7-10,13-14H,5-6,11-12H2,1-4H3,(H2,20,21,22). The van der Waals surface area contributed by atoms with Gasteiger partial charge in [-0.25, -0.2) is 9.98 Å². The fraction of sp³-hybridized carbons (Fsp3) is 0.474. The van der Waals surface area contributed by atoms with Crippen LogP contribution in [-0.2, 0) is 13.0 Å². The van der Waals surface area contributed by atoms with Gasteiger partial charge in [-0.3, -0.25) is 0 Å². The summed E-state index contributed by atoms with van der Waals surface area (Å²) >= 11 is 1.69. The van der Waals surface area contributed by atoms with Crippen molar-refractivity contribution >= 4 is 17.3 Å². The maximum atomic E-state index is 5.93. The van der Waals surface area contributed by atoms with Gasteiger partial charge in [-0.1, -0.05) is 13.0 Å². The fourth-order valence-electron chi connectivity index (χ4n) is 2.27. The molecule has 1 atom stereocenters. The second-order valence-electron chi connectivity index (χ2n) is 5.77. The van der Waals surface area contributed by atoms with Gasteiger partial charge in [0, 0.05) is 18.0 Å². The van der Waals surface area contributed by atoms with Crippen LogP contribution in [0.1, 0.15) is 31.5 Å². The number of hydrogen-bond acceptors (Lipinski definition) is 5. The van der Waals surface area contributed by atoms with Crippen molar-refractivity contribution in [2.24, 2.45) is 4.99 Å². The Labute approximate surface area is 159 Å².